The Kier molecular flexibility index (Phi) is 6.07. The Hall–Kier alpha value is -0.940. The van der Waals surface area contributed by atoms with Crippen molar-refractivity contribution in [3.05, 3.63) is 0 Å². The van der Waals surface area contributed by atoms with Crippen molar-refractivity contribution in [3.8, 4) is 0 Å². The molecule has 0 amide bonds. The SMILES string of the molecule is C=N.CC(=N)N(C)CC1CC(O)CN1. The second-order valence-electron chi connectivity index (χ2n) is 3.46. The molecule has 1 aliphatic heterocycles. The number of hydrogen-bond acceptors (Lipinski definition) is 4. The Balaban J connectivity index is 0.000000791. The summed E-state index contributed by atoms with van der Waals surface area (Å²) >= 11 is 0. The Morgan fingerprint density at radius 1 is 1.64 bits per heavy atom. The van der Waals surface area contributed by atoms with Gasteiger partial charge in [-0.2, -0.15) is 0 Å². The summed E-state index contributed by atoms with van der Waals surface area (Å²) in [6, 6.07) is 0.338. The molecular formula is C9H20N4O. The van der Waals surface area contributed by atoms with Gasteiger partial charge in [-0.05, 0) is 20.1 Å². The molecule has 2 unspecified atom stereocenters. The van der Waals surface area contributed by atoms with Crippen molar-refractivity contribution in [1.82, 2.24) is 10.2 Å². The zero-order chi connectivity index (χ0) is 11.1. The van der Waals surface area contributed by atoms with E-state index < -0.39 is 0 Å². The van der Waals surface area contributed by atoms with Gasteiger partial charge < -0.3 is 20.7 Å². The molecule has 0 bridgehead atoms. The van der Waals surface area contributed by atoms with Crippen molar-refractivity contribution >= 4 is 12.6 Å². The molecule has 0 radical (unpaired) electrons. The van der Waals surface area contributed by atoms with Crippen LogP contribution in [-0.2, 0) is 0 Å². The van der Waals surface area contributed by atoms with Gasteiger partial charge in [-0.25, -0.2) is 0 Å². The average molecular weight is 200 g/mol. The van der Waals surface area contributed by atoms with Crippen molar-refractivity contribution in [3.63, 3.8) is 0 Å². The molecule has 0 spiro atoms. The van der Waals surface area contributed by atoms with Crippen molar-refractivity contribution in [2.45, 2.75) is 25.5 Å². The lowest BCUT2D eigenvalue weighted by Crippen LogP contribution is -2.37. The topological polar surface area (TPSA) is 83.2 Å². The van der Waals surface area contributed by atoms with Gasteiger partial charge in [0.25, 0.3) is 0 Å². The van der Waals surface area contributed by atoms with Gasteiger partial charge in [-0.15, -0.1) is 0 Å². The van der Waals surface area contributed by atoms with E-state index in [0.29, 0.717) is 18.4 Å². The second kappa shape index (κ2) is 6.50. The van der Waals surface area contributed by atoms with Crippen LogP contribution in [0.15, 0.2) is 0 Å². The van der Waals surface area contributed by atoms with Crippen LogP contribution in [0.25, 0.3) is 0 Å². The van der Waals surface area contributed by atoms with Gasteiger partial charge in [0.2, 0.25) is 0 Å². The summed E-state index contributed by atoms with van der Waals surface area (Å²) in [5, 5.41) is 25.3. The highest BCUT2D eigenvalue weighted by Crippen LogP contribution is 2.07. The molecule has 0 aromatic rings. The first-order valence-corrected chi connectivity index (χ1v) is 4.62. The van der Waals surface area contributed by atoms with Gasteiger partial charge in [-0.3, -0.25) is 5.41 Å². The quantitative estimate of drug-likeness (QED) is 0.371. The van der Waals surface area contributed by atoms with Gasteiger partial charge in [0.05, 0.1) is 11.9 Å². The number of nitrogens with one attached hydrogen (secondary N) is 3. The van der Waals surface area contributed by atoms with Crippen molar-refractivity contribution < 1.29 is 5.11 Å². The third kappa shape index (κ3) is 4.34. The molecule has 4 N–H and O–H groups in total. The predicted octanol–water partition coefficient (Wildman–Crippen LogP) is -0.0961. The highest BCUT2D eigenvalue weighted by atomic mass is 16.3. The number of rotatable bonds is 2. The zero-order valence-electron chi connectivity index (χ0n) is 8.88. The molecule has 1 fully saturated rings. The minimum absolute atomic E-state index is 0.200. The average Bonchev–Trinajstić information content (AvgIpc) is 2.54. The molecule has 0 saturated carbocycles. The number of amidine groups is 1. The largest absolute Gasteiger partial charge is 0.392 e. The van der Waals surface area contributed by atoms with Gasteiger partial charge >= 0.3 is 0 Å². The molecule has 5 heteroatoms. The van der Waals surface area contributed by atoms with Crippen molar-refractivity contribution in [2.24, 2.45) is 0 Å². The molecule has 0 aromatic carbocycles. The predicted molar refractivity (Wildman–Crippen MR) is 58.3 cm³/mol. The molecule has 0 aliphatic carbocycles. The summed E-state index contributed by atoms with van der Waals surface area (Å²) in [5.74, 6) is 0.568. The van der Waals surface area contributed by atoms with Crippen molar-refractivity contribution in [2.75, 3.05) is 20.1 Å². The first-order chi connectivity index (χ1) is 6.59. The minimum atomic E-state index is -0.200. The standard InChI is InChI=1S/C8H17N3O.CH3N/c1-6(9)11(2)5-7-3-8(12)4-10-7;1-2/h7-10,12H,3-5H2,1-2H3;2H,1H2. The summed E-state index contributed by atoms with van der Waals surface area (Å²) in [4.78, 5) is 1.88. The molecular weight excluding hydrogens is 180 g/mol. The number of aliphatic hydroxyl groups is 1. The maximum atomic E-state index is 9.22. The van der Waals surface area contributed by atoms with E-state index >= 15 is 0 Å². The Bertz CT molecular complexity index is 186. The van der Waals surface area contributed by atoms with E-state index in [-0.39, 0.29) is 6.10 Å². The number of β-amino-alcohol motifs (C(OH)–C–C–N with tert-alkyl or cyclic N) is 1. The van der Waals surface area contributed by atoms with E-state index in [1.807, 2.05) is 11.9 Å². The number of likely N-dealkylation sites (N-methyl/N-ethyl adjacent to an activating group) is 1. The van der Waals surface area contributed by atoms with E-state index in [1.165, 1.54) is 0 Å². The number of hydrogen-bond donors (Lipinski definition) is 4. The fraction of sp³-hybridized carbons (Fsp3) is 0.778. The third-order valence-corrected chi connectivity index (χ3v) is 2.27. The van der Waals surface area contributed by atoms with Crippen LogP contribution in [-0.4, -0.2) is 54.8 Å². The Morgan fingerprint density at radius 3 is 2.57 bits per heavy atom. The summed E-state index contributed by atoms with van der Waals surface area (Å²) in [6.07, 6.45) is 0.604. The van der Waals surface area contributed by atoms with E-state index in [4.69, 9.17) is 10.8 Å². The summed E-state index contributed by atoms with van der Waals surface area (Å²) in [7, 11) is 1.90. The maximum Gasteiger partial charge on any atom is 0.0923 e. The maximum absolute atomic E-state index is 9.22. The first-order valence-electron chi connectivity index (χ1n) is 4.62. The molecule has 1 saturated heterocycles. The molecule has 1 aliphatic rings. The van der Waals surface area contributed by atoms with Crippen LogP contribution >= 0.6 is 0 Å². The Labute approximate surface area is 85.1 Å². The molecule has 0 aromatic heterocycles. The van der Waals surface area contributed by atoms with E-state index in [0.717, 1.165) is 13.0 Å². The van der Waals surface area contributed by atoms with Crippen LogP contribution < -0.4 is 5.32 Å². The summed E-state index contributed by atoms with van der Waals surface area (Å²) in [6.45, 7) is 5.77. The third-order valence-electron chi connectivity index (χ3n) is 2.27. The fourth-order valence-corrected chi connectivity index (χ4v) is 1.40. The van der Waals surface area contributed by atoms with E-state index in [1.54, 1.807) is 6.92 Å². The normalized spacial score (nSPS) is 25.1. The molecule has 2 atom stereocenters. The number of aliphatic hydroxyl groups excluding tert-OH is 1. The van der Waals surface area contributed by atoms with Gasteiger partial charge in [-0.1, -0.05) is 0 Å². The van der Waals surface area contributed by atoms with Crippen LogP contribution in [0.3, 0.4) is 0 Å². The van der Waals surface area contributed by atoms with Gasteiger partial charge in [0.15, 0.2) is 0 Å². The zero-order valence-corrected chi connectivity index (χ0v) is 8.88. The van der Waals surface area contributed by atoms with Crippen molar-refractivity contribution in [1.29, 1.82) is 10.8 Å². The minimum Gasteiger partial charge on any atom is -0.392 e. The summed E-state index contributed by atoms with van der Waals surface area (Å²) < 4.78 is 0. The second-order valence-corrected chi connectivity index (χ2v) is 3.46. The van der Waals surface area contributed by atoms with Crippen LogP contribution in [0.5, 0.6) is 0 Å². The van der Waals surface area contributed by atoms with E-state index in [2.05, 4.69) is 12.0 Å². The van der Waals surface area contributed by atoms with Crippen LogP contribution in [0.4, 0.5) is 0 Å². The van der Waals surface area contributed by atoms with Crippen LogP contribution in [0.2, 0.25) is 0 Å². The van der Waals surface area contributed by atoms with Crippen LogP contribution in [0.1, 0.15) is 13.3 Å². The van der Waals surface area contributed by atoms with Crippen LogP contribution in [0, 0.1) is 10.8 Å². The fourth-order valence-electron chi connectivity index (χ4n) is 1.40. The smallest absolute Gasteiger partial charge is 0.0923 e. The highest BCUT2D eigenvalue weighted by molar-refractivity contribution is 5.75. The molecule has 82 valence electrons. The lowest BCUT2D eigenvalue weighted by Gasteiger charge is -2.21. The molecule has 5 nitrogen and oxygen atoms in total. The van der Waals surface area contributed by atoms with E-state index in [9.17, 15) is 5.11 Å². The number of nitrogens with zero attached hydrogens (tertiary/aromatic N) is 1. The molecule has 14 heavy (non-hydrogen) atoms. The molecule has 1 heterocycles. The Morgan fingerprint density at radius 2 is 2.21 bits per heavy atom. The summed E-state index contributed by atoms with van der Waals surface area (Å²) in [5.41, 5.74) is 0. The van der Waals surface area contributed by atoms with Gasteiger partial charge in [0, 0.05) is 26.2 Å². The highest BCUT2D eigenvalue weighted by Gasteiger charge is 2.22. The lowest BCUT2D eigenvalue weighted by atomic mass is 10.2. The first kappa shape index (κ1) is 13.1. The lowest BCUT2D eigenvalue weighted by molar-refractivity contribution is 0.192. The van der Waals surface area contributed by atoms with Gasteiger partial charge in [0.1, 0.15) is 0 Å². The molecule has 1 rings (SSSR count). The monoisotopic (exact) mass is 200 g/mol.